The van der Waals surface area contributed by atoms with Crippen molar-refractivity contribution in [3.63, 3.8) is 0 Å². The van der Waals surface area contributed by atoms with Gasteiger partial charge in [-0.05, 0) is 18.8 Å². The van der Waals surface area contributed by atoms with Crippen LogP contribution in [0.2, 0.25) is 0 Å². The quantitative estimate of drug-likeness (QED) is 0.517. The second kappa shape index (κ2) is 7.78. The predicted octanol–water partition coefficient (Wildman–Crippen LogP) is -0.0917. The average Bonchev–Trinajstić information content (AvgIpc) is 2.23. The monoisotopic (exact) mass is 244 g/mol. The van der Waals surface area contributed by atoms with Gasteiger partial charge >= 0.3 is 5.97 Å². The van der Waals surface area contributed by atoms with Gasteiger partial charge in [0.05, 0.1) is 6.04 Å². The topological polar surface area (TPSA) is 109 Å². The summed E-state index contributed by atoms with van der Waals surface area (Å²) >= 11 is 0. The number of nitrogens with two attached hydrogens (primary N) is 1. The van der Waals surface area contributed by atoms with E-state index in [-0.39, 0.29) is 18.7 Å². The van der Waals surface area contributed by atoms with E-state index in [2.05, 4.69) is 5.32 Å². The molecule has 0 radical (unpaired) electrons. The second-order valence-corrected chi connectivity index (χ2v) is 4.42. The highest BCUT2D eigenvalue weighted by Gasteiger charge is 2.16. The zero-order valence-electron chi connectivity index (χ0n) is 10.2. The summed E-state index contributed by atoms with van der Waals surface area (Å²) in [6.07, 6.45) is 1.33. The molecule has 0 saturated carbocycles. The van der Waals surface area contributed by atoms with E-state index in [0.717, 1.165) is 0 Å². The number of carbonyl (C=O) groups excluding carboxylic acids is 2. The number of rotatable bonds is 8. The molecule has 0 spiro atoms. The van der Waals surface area contributed by atoms with Crippen LogP contribution in [-0.2, 0) is 14.4 Å². The number of hydrogen-bond donors (Lipinski definition) is 3. The number of carboxylic acids is 1. The highest BCUT2D eigenvalue weighted by molar-refractivity contribution is 5.80. The van der Waals surface area contributed by atoms with Crippen molar-refractivity contribution in [1.82, 2.24) is 5.32 Å². The van der Waals surface area contributed by atoms with Crippen LogP contribution in [0.4, 0.5) is 0 Å². The van der Waals surface area contributed by atoms with Crippen LogP contribution in [0.1, 0.15) is 33.1 Å². The molecule has 0 unspecified atom stereocenters. The van der Waals surface area contributed by atoms with Crippen LogP contribution in [0.25, 0.3) is 0 Å². The summed E-state index contributed by atoms with van der Waals surface area (Å²) in [6, 6.07) is -1.55. The van der Waals surface area contributed by atoms with Crippen molar-refractivity contribution in [2.75, 3.05) is 0 Å². The van der Waals surface area contributed by atoms with Crippen LogP contribution < -0.4 is 11.1 Å². The van der Waals surface area contributed by atoms with Crippen molar-refractivity contribution >= 4 is 18.2 Å². The van der Waals surface area contributed by atoms with Crippen molar-refractivity contribution in [2.24, 2.45) is 11.7 Å². The van der Waals surface area contributed by atoms with Gasteiger partial charge < -0.3 is 21.0 Å². The van der Waals surface area contributed by atoms with Gasteiger partial charge in [0.2, 0.25) is 5.91 Å². The van der Waals surface area contributed by atoms with Crippen molar-refractivity contribution < 1.29 is 19.5 Å². The van der Waals surface area contributed by atoms with Gasteiger partial charge in [-0.3, -0.25) is 9.59 Å². The summed E-state index contributed by atoms with van der Waals surface area (Å²) < 4.78 is 0. The van der Waals surface area contributed by atoms with E-state index in [1.165, 1.54) is 0 Å². The van der Waals surface area contributed by atoms with Crippen molar-refractivity contribution in [3.05, 3.63) is 0 Å². The number of carbonyl (C=O) groups is 3. The van der Waals surface area contributed by atoms with Gasteiger partial charge in [0.1, 0.15) is 12.3 Å². The van der Waals surface area contributed by atoms with E-state index in [1.54, 1.807) is 0 Å². The second-order valence-electron chi connectivity index (χ2n) is 4.42. The van der Waals surface area contributed by atoms with Gasteiger partial charge in [0, 0.05) is 6.42 Å². The third-order valence-corrected chi connectivity index (χ3v) is 2.24. The molecule has 0 bridgehead atoms. The fourth-order valence-electron chi connectivity index (χ4n) is 1.35. The van der Waals surface area contributed by atoms with Crippen LogP contribution in [0.5, 0.6) is 0 Å². The standard InChI is InChI=1S/C11H20N2O4/c1-7(2)5-8(6-14)13-10(15)4-3-9(12)11(16)17/h6-9H,3-5,12H2,1-2H3,(H,13,15)(H,16,17)/t8-,9-/m0/s1. The van der Waals surface area contributed by atoms with Crippen molar-refractivity contribution in [2.45, 2.75) is 45.2 Å². The Kier molecular flexibility index (Phi) is 7.13. The number of hydrogen-bond acceptors (Lipinski definition) is 4. The third kappa shape index (κ3) is 7.46. The molecule has 0 aliphatic carbocycles. The summed E-state index contributed by atoms with van der Waals surface area (Å²) in [4.78, 5) is 32.5. The molecule has 6 heteroatoms. The normalized spacial score (nSPS) is 14.1. The predicted molar refractivity (Wildman–Crippen MR) is 62.3 cm³/mol. The lowest BCUT2D eigenvalue weighted by Crippen LogP contribution is -2.38. The smallest absolute Gasteiger partial charge is 0.320 e. The Morgan fingerprint density at radius 1 is 1.41 bits per heavy atom. The number of amides is 1. The Balaban J connectivity index is 3.99. The molecule has 2 atom stereocenters. The van der Waals surface area contributed by atoms with Gasteiger partial charge in [0.15, 0.2) is 0 Å². The van der Waals surface area contributed by atoms with Crippen LogP contribution >= 0.6 is 0 Å². The molecule has 1 amide bonds. The molecule has 6 nitrogen and oxygen atoms in total. The number of aldehydes is 1. The molecule has 98 valence electrons. The third-order valence-electron chi connectivity index (χ3n) is 2.24. The minimum atomic E-state index is -1.13. The number of aliphatic carboxylic acids is 1. The van der Waals surface area contributed by atoms with Gasteiger partial charge in [-0.15, -0.1) is 0 Å². The molecule has 0 aliphatic rings. The van der Waals surface area contributed by atoms with Gasteiger partial charge in [-0.1, -0.05) is 13.8 Å². The lowest BCUT2D eigenvalue weighted by Gasteiger charge is -2.15. The molecule has 0 aliphatic heterocycles. The Labute approximate surface area is 101 Å². The van der Waals surface area contributed by atoms with Gasteiger partial charge in [-0.25, -0.2) is 0 Å². The Bertz CT molecular complexity index is 279. The summed E-state index contributed by atoms with van der Waals surface area (Å²) in [5.41, 5.74) is 5.26. The van der Waals surface area contributed by atoms with Crippen LogP contribution in [0.15, 0.2) is 0 Å². The maximum atomic E-state index is 11.4. The van der Waals surface area contributed by atoms with E-state index < -0.39 is 18.1 Å². The van der Waals surface area contributed by atoms with E-state index in [4.69, 9.17) is 10.8 Å². The summed E-state index contributed by atoms with van der Waals surface area (Å²) in [5, 5.41) is 11.1. The van der Waals surface area contributed by atoms with Crippen molar-refractivity contribution in [3.8, 4) is 0 Å². The molecule has 17 heavy (non-hydrogen) atoms. The zero-order valence-corrected chi connectivity index (χ0v) is 10.2. The van der Waals surface area contributed by atoms with E-state index in [0.29, 0.717) is 18.6 Å². The minimum absolute atomic E-state index is 0.00982. The summed E-state index contributed by atoms with van der Waals surface area (Å²) in [6.45, 7) is 3.89. The maximum absolute atomic E-state index is 11.4. The molecule has 0 rings (SSSR count). The molecule has 4 N–H and O–H groups in total. The molecular formula is C11H20N2O4. The fraction of sp³-hybridized carbons (Fsp3) is 0.727. The summed E-state index contributed by atoms with van der Waals surface area (Å²) in [7, 11) is 0. The zero-order chi connectivity index (χ0) is 13.4. The first-order chi connectivity index (χ1) is 7.86. The van der Waals surface area contributed by atoms with Crippen molar-refractivity contribution in [1.29, 1.82) is 0 Å². The van der Waals surface area contributed by atoms with E-state index in [9.17, 15) is 14.4 Å². The average molecular weight is 244 g/mol. The molecule has 0 fully saturated rings. The largest absolute Gasteiger partial charge is 0.480 e. The summed E-state index contributed by atoms with van der Waals surface area (Å²) in [5.74, 6) is -1.18. The minimum Gasteiger partial charge on any atom is -0.480 e. The Hall–Kier alpha value is -1.43. The van der Waals surface area contributed by atoms with Crippen LogP contribution in [-0.4, -0.2) is 35.4 Å². The molecule has 0 heterocycles. The molecular weight excluding hydrogens is 224 g/mol. The highest BCUT2D eigenvalue weighted by Crippen LogP contribution is 2.03. The van der Waals surface area contributed by atoms with E-state index in [1.807, 2.05) is 13.8 Å². The van der Waals surface area contributed by atoms with E-state index >= 15 is 0 Å². The number of carboxylic acid groups (broad SMARTS) is 1. The SMILES string of the molecule is CC(C)C[C@@H](C=O)NC(=O)CC[C@H](N)C(=O)O. The first-order valence-electron chi connectivity index (χ1n) is 5.59. The number of nitrogens with one attached hydrogen (secondary N) is 1. The van der Waals surface area contributed by atoms with Crippen LogP contribution in [0.3, 0.4) is 0 Å². The fourth-order valence-corrected chi connectivity index (χ4v) is 1.35. The van der Waals surface area contributed by atoms with Crippen LogP contribution in [0, 0.1) is 5.92 Å². The van der Waals surface area contributed by atoms with Gasteiger partial charge in [-0.2, -0.15) is 0 Å². The lowest BCUT2D eigenvalue weighted by molar-refractivity contribution is -0.138. The lowest BCUT2D eigenvalue weighted by atomic mass is 10.0. The molecule has 0 saturated heterocycles. The molecule has 0 aromatic carbocycles. The molecule has 0 aromatic rings. The highest BCUT2D eigenvalue weighted by atomic mass is 16.4. The Morgan fingerprint density at radius 2 is 2.00 bits per heavy atom. The molecule has 0 aromatic heterocycles. The Morgan fingerprint density at radius 3 is 2.41 bits per heavy atom. The van der Waals surface area contributed by atoms with Gasteiger partial charge in [0.25, 0.3) is 0 Å². The first kappa shape index (κ1) is 15.6. The maximum Gasteiger partial charge on any atom is 0.320 e. The first-order valence-corrected chi connectivity index (χ1v) is 5.59.